The molecule has 0 radical (unpaired) electrons. The van der Waals surface area contributed by atoms with Crippen molar-refractivity contribution in [2.75, 3.05) is 38.8 Å². The number of nitrogens with zero attached hydrogens (tertiary/aromatic N) is 1. The highest BCUT2D eigenvalue weighted by atomic mass is 32.2. The third-order valence-corrected chi connectivity index (χ3v) is 7.05. The first-order valence-electron chi connectivity index (χ1n) is 11.5. The number of halogens is 3. The van der Waals surface area contributed by atoms with E-state index in [4.69, 9.17) is 17.8 Å². The second-order valence-corrected chi connectivity index (χ2v) is 12.1. The van der Waals surface area contributed by atoms with Crippen molar-refractivity contribution in [1.82, 2.24) is 10.2 Å². The van der Waals surface area contributed by atoms with Crippen LogP contribution in [0.1, 0.15) is 22.7 Å². The van der Waals surface area contributed by atoms with Crippen LogP contribution < -0.4 is 10.1 Å². The van der Waals surface area contributed by atoms with Gasteiger partial charge in [-0.1, -0.05) is 30.3 Å². The molecule has 2 aliphatic rings. The zero-order chi connectivity index (χ0) is 27.8. The summed E-state index contributed by atoms with van der Waals surface area (Å²) in [5.41, 5.74) is -0.0401. The third-order valence-electron chi connectivity index (χ3n) is 5.93. The number of para-hydroxylation sites is 1. The summed E-state index contributed by atoms with van der Waals surface area (Å²) in [6.45, 7) is -0.212. The Kier molecular flexibility index (Phi) is 8.10. The molecule has 1 fully saturated rings. The van der Waals surface area contributed by atoms with Gasteiger partial charge in [-0.25, -0.2) is 13.3 Å². The predicted octanol–water partition coefficient (Wildman–Crippen LogP) is 2.24. The summed E-state index contributed by atoms with van der Waals surface area (Å²) in [6.07, 6.45) is -3.86. The standard InChI is InChI=1S/C23H27F3N2O8S2/c1-37(29,30)35-22(36-38(2,31)32)15-27-10-11-28(22)21-18-8-3-4-9-19(18)34-14-20(21)33-13-16-6-5-7-17(12-16)23(24,25)26/h3-9,12,20-21,27H,10-11,13-15H2,1-2H3. The molecule has 0 saturated carbocycles. The molecule has 2 aliphatic heterocycles. The van der Waals surface area contributed by atoms with E-state index in [1.54, 1.807) is 24.3 Å². The number of rotatable bonds is 8. The van der Waals surface area contributed by atoms with Gasteiger partial charge in [0.25, 0.3) is 26.1 Å². The average molecular weight is 581 g/mol. The van der Waals surface area contributed by atoms with Crippen LogP contribution in [-0.4, -0.2) is 72.5 Å². The van der Waals surface area contributed by atoms with Crippen molar-refractivity contribution in [3.8, 4) is 5.75 Å². The van der Waals surface area contributed by atoms with E-state index in [0.717, 1.165) is 24.6 Å². The fourth-order valence-electron chi connectivity index (χ4n) is 4.58. The van der Waals surface area contributed by atoms with Gasteiger partial charge in [0.2, 0.25) is 0 Å². The molecule has 38 heavy (non-hydrogen) atoms. The summed E-state index contributed by atoms with van der Waals surface area (Å²) in [6, 6.07) is 10.7. The van der Waals surface area contributed by atoms with Crippen LogP contribution in [0, 0.1) is 0 Å². The Balaban J connectivity index is 1.74. The van der Waals surface area contributed by atoms with Crippen molar-refractivity contribution in [2.24, 2.45) is 0 Å². The maximum Gasteiger partial charge on any atom is 0.416 e. The highest BCUT2D eigenvalue weighted by molar-refractivity contribution is 7.86. The van der Waals surface area contributed by atoms with Gasteiger partial charge in [-0.3, -0.25) is 0 Å². The number of alkyl halides is 3. The summed E-state index contributed by atoms with van der Waals surface area (Å²) in [5.74, 6) is -1.85. The lowest BCUT2D eigenvalue weighted by molar-refractivity contribution is -0.255. The van der Waals surface area contributed by atoms with Gasteiger partial charge in [0.05, 0.1) is 37.3 Å². The van der Waals surface area contributed by atoms with E-state index in [1.807, 2.05) is 0 Å². The van der Waals surface area contributed by atoms with Gasteiger partial charge in [-0.15, -0.1) is 0 Å². The molecule has 0 aromatic heterocycles. The van der Waals surface area contributed by atoms with E-state index in [1.165, 1.54) is 17.0 Å². The number of fused-ring (bicyclic) bond motifs is 1. The fraction of sp³-hybridized carbons (Fsp3) is 0.478. The molecule has 10 nitrogen and oxygen atoms in total. The fourth-order valence-corrected chi connectivity index (χ4v) is 5.95. The second kappa shape index (κ2) is 10.7. The van der Waals surface area contributed by atoms with Gasteiger partial charge in [0.1, 0.15) is 18.5 Å². The lowest BCUT2D eigenvalue weighted by Crippen LogP contribution is -2.67. The van der Waals surface area contributed by atoms with E-state index in [-0.39, 0.29) is 31.9 Å². The molecule has 1 saturated heterocycles. The van der Waals surface area contributed by atoms with Gasteiger partial charge in [-0.05, 0) is 23.8 Å². The first-order valence-corrected chi connectivity index (χ1v) is 15.1. The van der Waals surface area contributed by atoms with Crippen LogP contribution in [0.3, 0.4) is 0 Å². The minimum atomic E-state index is -4.53. The number of nitrogens with one attached hydrogen (secondary N) is 1. The van der Waals surface area contributed by atoms with E-state index in [9.17, 15) is 30.0 Å². The molecule has 2 heterocycles. The molecule has 1 N–H and O–H groups in total. The van der Waals surface area contributed by atoms with Crippen molar-refractivity contribution in [3.05, 3.63) is 65.2 Å². The summed E-state index contributed by atoms with van der Waals surface area (Å²) < 4.78 is 111. The Labute approximate surface area is 218 Å². The molecule has 210 valence electrons. The van der Waals surface area contributed by atoms with Crippen LogP contribution in [0.2, 0.25) is 0 Å². The number of benzene rings is 2. The first-order chi connectivity index (χ1) is 17.7. The van der Waals surface area contributed by atoms with Gasteiger partial charge >= 0.3 is 6.18 Å². The Morgan fingerprint density at radius 1 is 1.05 bits per heavy atom. The summed E-state index contributed by atoms with van der Waals surface area (Å²) in [7, 11) is -8.49. The largest absolute Gasteiger partial charge is 0.490 e. The van der Waals surface area contributed by atoms with Crippen LogP contribution in [-0.2, 0) is 46.1 Å². The van der Waals surface area contributed by atoms with E-state index < -0.39 is 50.0 Å². The lowest BCUT2D eigenvalue weighted by Gasteiger charge is -2.50. The summed E-state index contributed by atoms with van der Waals surface area (Å²) >= 11 is 0. The molecule has 2 atom stereocenters. The van der Waals surface area contributed by atoms with Crippen molar-refractivity contribution in [1.29, 1.82) is 0 Å². The van der Waals surface area contributed by atoms with Crippen LogP contribution in [0.5, 0.6) is 5.75 Å². The highest BCUT2D eigenvalue weighted by Crippen LogP contribution is 2.43. The minimum absolute atomic E-state index is 0.0571. The molecular formula is C23H27F3N2O8S2. The van der Waals surface area contributed by atoms with Crippen LogP contribution in [0.25, 0.3) is 0 Å². The minimum Gasteiger partial charge on any atom is -0.490 e. The Morgan fingerprint density at radius 3 is 2.39 bits per heavy atom. The molecule has 0 aliphatic carbocycles. The summed E-state index contributed by atoms with van der Waals surface area (Å²) in [5, 5.41) is 2.91. The summed E-state index contributed by atoms with van der Waals surface area (Å²) in [4.78, 5) is 1.43. The Hall–Kier alpha value is -2.27. The average Bonchev–Trinajstić information content (AvgIpc) is 2.80. The molecule has 2 unspecified atom stereocenters. The quantitative estimate of drug-likeness (QED) is 0.368. The SMILES string of the molecule is CS(=O)(=O)OC1(OS(C)(=O)=O)CNCCN1C1c2ccccc2OCC1OCc1cccc(C(F)(F)F)c1. The highest BCUT2D eigenvalue weighted by Gasteiger charge is 2.53. The first kappa shape index (κ1) is 28.7. The maximum atomic E-state index is 13.2. The Bertz CT molecular complexity index is 1330. The number of hydrogen-bond donors (Lipinski definition) is 1. The molecule has 2 aromatic rings. The Morgan fingerprint density at radius 2 is 1.74 bits per heavy atom. The molecule has 0 bridgehead atoms. The maximum absolute atomic E-state index is 13.2. The van der Waals surface area contributed by atoms with Crippen molar-refractivity contribution in [2.45, 2.75) is 30.8 Å². The third kappa shape index (κ3) is 6.83. The molecule has 4 rings (SSSR count). The van der Waals surface area contributed by atoms with Crippen LogP contribution in [0.15, 0.2) is 48.5 Å². The van der Waals surface area contributed by atoms with Crippen molar-refractivity contribution in [3.63, 3.8) is 0 Å². The number of piperazine rings is 1. The van der Waals surface area contributed by atoms with E-state index in [0.29, 0.717) is 17.9 Å². The van der Waals surface area contributed by atoms with Crippen LogP contribution in [0.4, 0.5) is 13.2 Å². The predicted molar refractivity (Wildman–Crippen MR) is 129 cm³/mol. The van der Waals surface area contributed by atoms with E-state index in [2.05, 4.69) is 5.32 Å². The molecule has 0 amide bonds. The number of ether oxygens (including phenoxy) is 2. The topological polar surface area (TPSA) is 120 Å². The smallest absolute Gasteiger partial charge is 0.416 e. The molecule has 2 aromatic carbocycles. The zero-order valence-corrected chi connectivity index (χ0v) is 22.1. The van der Waals surface area contributed by atoms with Crippen molar-refractivity contribution < 1.29 is 47.8 Å². The van der Waals surface area contributed by atoms with Gasteiger partial charge in [-0.2, -0.15) is 30.0 Å². The van der Waals surface area contributed by atoms with Gasteiger partial charge in [0.15, 0.2) is 0 Å². The normalized spacial score (nSPS) is 22.4. The van der Waals surface area contributed by atoms with Crippen molar-refractivity contribution >= 4 is 20.2 Å². The van der Waals surface area contributed by atoms with E-state index >= 15 is 0 Å². The van der Waals surface area contributed by atoms with Crippen LogP contribution >= 0.6 is 0 Å². The number of hydrogen-bond acceptors (Lipinski definition) is 10. The second-order valence-electron chi connectivity index (χ2n) is 9.00. The lowest BCUT2D eigenvalue weighted by atomic mass is 9.95. The van der Waals surface area contributed by atoms with Gasteiger partial charge in [0, 0.05) is 18.7 Å². The zero-order valence-electron chi connectivity index (χ0n) is 20.5. The molecule has 15 heteroatoms. The molecule has 0 spiro atoms. The molecular weight excluding hydrogens is 553 g/mol. The van der Waals surface area contributed by atoms with Gasteiger partial charge < -0.3 is 14.8 Å². The monoisotopic (exact) mass is 580 g/mol.